The first-order valence-electron chi connectivity index (χ1n) is 6.51. The molecule has 110 valence electrons. The van der Waals surface area contributed by atoms with E-state index in [4.69, 9.17) is 16.2 Å². The van der Waals surface area contributed by atoms with Gasteiger partial charge in [0, 0.05) is 6.42 Å². The van der Waals surface area contributed by atoms with Crippen LogP contribution >= 0.6 is 0 Å². The number of amides is 1. The van der Waals surface area contributed by atoms with Gasteiger partial charge in [0.1, 0.15) is 12.4 Å². The Kier molecular flexibility index (Phi) is 6.14. The minimum absolute atomic E-state index is 0.00153. The third kappa shape index (κ3) is 6.31. The van der Waals surface area contributed by atoms with Crippen molar-refractivity contribution in [2.75, 3.05) is 0 Å². The summed E-state index contributed by atoms with van der Waals surface area (Å²) in [4.78, 5) is 23.0. The average Bonchev–Trinajstić information content (AvgIpc) is 2.43. The van der Waals surface area contributed by atoms with Crippen LogP contribution in [0.15, 0.2) is 30.3 Å². The maximum atomic E-state index is 11.5. The van der Waals surface area contributed by atoms with Crippen molar-refractivity contribution in [3.63, 3.8) is 0 Å². The van der Waals surface area contributed by atoms with Gasteiger partial charge >= 0.3 is 5.97 Å². The van der Waals surface area contributed by atoms with Gasteiger partial charge in [-0.3, -0.25) is 21.1 Å². The number of nitrogens with one attached hydrogen (secondary N) is 1. The van der Waals surface area contributed by atoms with Gasteiger partial charge in [-0.25, -0.2) is 0 Å². The van der Waals surface area contributed by atoms with Crippen LogP contribution in [-0.4, -0.2) is 17.7 Å². The van der Waals surface area contributed by atoms with Crippen LogP contribution in [0.3, 0.4) is 0 Å². The summed E-state index contributed by atoms with van der Waals surface area (Å²) in [6, 6.07) is 9.33. The van der Waals surface area contributed by atoms with Crippen molar-refractivity contribution in [1.82, 2.24) is 5.32 Å². The molecular weight excluding hydrogens is 258 g/mol. The summed E-state index contributed by atoms with van der Waals surface area (Å²) < 4.78 is 5.05. The maximum absolute atomic E-state index is 11.5. The molecular formula is C14H21N3O3. The maximum Gasteiger partial charge on any atom is 0.306 e. The SMILES string of the molecule is CCC(N)(N)NC(=O)CCC(=O)OCc1ccccc1. The van der Waals surface area contributed by atoms with Gasteiger partial charge in [-0.15, -0.1) is 0 Å². The molecule has 20 heavy (non-hydrogen) atoms. The number of esters is 1. The number of carbonyl (C=O) groups is 2. The highest BCUT2D eigenvalue weighted by Crippen LogP contribution is 2.03. The molecule has 0 aliphatic rings. The lowest BCUT2D eigenvalue weighted by Crippen LogP contribution is -2.62. The largest absolute Gasteiger partial charge is 0.461 e. The number of carbonyl (C=O) groups excluding carboxylic acids is 2. The van der Waals surface area contributed by atoms with Crippen LogP contribution in [0.25, 0.3) is 0 Å². The third-order valence-electron chi connectivity index (χ3n) is 2.76. The van der Waals surface area contributed by atoms with E-state index in [0.717, 1.165) is 5.56 Å². The molecule has 0 radical (unpaired) electrons. The molecule has 0 saturated heterocycles. The van der Waals surface area contributed by atoms with Gasteiger partial charge in [-0.05, 0) is 12.0 Å². The fourth-order valence-electron chi connectivity index (χ4n) is 1.44. The van der Waals surface area contributed by atoms with Crippen LogP contribution in [-0.2, 0) is 20.9 Å². The molecule has 0 aliphatic heterocycles. The number of rotatable bonds is 7. The average molecular weight is 279 g/mol. The lowest BCUT2D eigenvalue weighted by Gasteiger charge is -2.23. The fourth-order valence-corrected chi connectivity index (χ4v) is 1.44. The quantitative estimate of drug-likeness (QED) is 0.500. The van der Waals surface area contributed by atoms with Crippen molar-refractivity contribution in [2.45, 2.75) is 38.6 Å². The Hall–Kier alpha value is -1.92. The van der Waals surface area contributed by atoms with E-state index in [2.05, 4.69) is 5.32 Å². The van der Waals surface area contributed by atoms with Crippen molar-refractivity contribution in [3.8, 4) is 0 Å². The van der Waals surface area contributed by atoms with E-state index in [1.54, 1.807) is 6.92 Å². The first kappa shape index (κ1) is 16.1. The Morgan fingerprint density at radius 2 is 1.85 bits per heavy atom. The van der Waals surface area contributed by atoms with E-state index >= 15 is 0 Å². The summed E-state index contributed by atoms with van der Waals surface area (Å²) in [5.41, 5.74) is 12.1. The third-order valence-corrected chi connectivity index (χ3v) is 2.76. The second-order valence-corrected chi connectivity index (χ2v) is 4.59. The standard InChI is InChI=1S/C14H21N3O3/c1-2-14(15,16)17-12(18)8-9-13(19)20-10-11-6-4-3-5-7-11/h3-7H,2,8-10,15-16H2,1H3,(H,17,18). The van der Waals surface area contributed by atoms with Gasteiger partial charge < -0.3 is 10.1 Å². The highest BCUT2D eigenvalue weighted by molar-refractivity contribution is 5.81. The molecule has 0 bridgehead atoms. The van der Waals surface area contributed by atoms with E-state index < -0.39 is 11.8 Å². The molecule has 0 heterocycles. The number of nitrogens with two attached hydrogens (primary N) is 2. The Bertz CT molecular complexity index is 446. The molecule has 6 heteroatoms. The lowest BCUT2D eigenvalue weighted by atomic mass is 10.2. The molecule has 0 spiro atoms. The molecule has 5 N–H and O–H groups in total. The summed E-state index contributed by atoms with van der Waals surface area (Å²) in [6.45, 7) is 1.96. The van der Waals surface area contributed by atoms with E-state index in [0.29, 0.717) is 6.42 Å². The highest BCUT2D eigenvalue weighted by atomic mass is 16.5. The molecule has 0 atom stereocenters. The molecule has 0 saturated carbocycles. The molecule has 0 fully saturated rings. The summed E-state index contributed by atoms with van der Waals surface area (Å²) in [6.07, 6.45) is 0.402. The lowest BCUT2D eigenvalue weighted by molar-refractivity contribution is -0.146. The first-order chi connectivity index (χ1) is 9.43. The molecule has 1 amide bonds. The van der Waals surface area contributed by atoms with Crippen LogP contribution in [0.5, 0.6) is 0 Å². The highest BCUT2D eigenvalue weighted by Gasteiger charge is 2.19. The van der Waals surface area contributed by atoms with Gasteiger partial charge in [0.2, 0.25) is 5.91 Å². The van der Waals surface area contributed by atoms with Gasteiger partial charge in [-0.1, -0.05) is 37.3 Å². The van der Waals surface area contributed by atoms with Crippen LogP contribution in [0.2, 0.25) is 0 Å². The van der Waals surface area contributed by atoms with Gasteiger partial charge in [0.05, 0.1) is 6.42 Å². The van der Waals surface area contributed by atoms with E-state index in [9.17, 15) is 9.59 Å². The normalized spacial score (nSPS) is 10.9. The number of hydrogen-bond acceptors (Lipinski definition) is 5. The van der Waals surface area contributed by atoms with Gasteiger partial charge in [0.15, 0.2) is 0 Å². The van der Waals surface area contributed by atoms with Gasteiger partial charge in [0.25, 0.3) is 0 Å². The molecule has 1 aromatic rings. The van der Waals surface area contributed by atoms with Crippen molar-refractivity contribution in [1.29, 1.82) is 0 Å². The summed E-state index contributed by atoms with van der Waals surface area (Å²) in [7, 11) is 0. The minimum Gasteiger partial charge on any atom is -0.461 e. The van der Waals surface area contributed by atoms with Crippen molar-refractivity contribution in [3.05, 3.63) is 35.9 Å². The van der Waals surface area contributed by atoms with Crippen molar-refractivity contribution in [2.24, 2.45) is 11.5 Å². The Balaban J connectivity index is 2.25. The molecule has 1 rings (SSSR count). The zero-order valence-electron chi connectivity index (χ0n) is 11.6. The van der Waals surface area contributed by atoms with Gasteiger partial charge in [-0.2, -0.15) is 0 Å². The first-order valence-corrected chi connectivity index (χ1v) is 6.51. The monoisotopic (exact) mass is 279 g/mol. The second kappa shape index (κ2) is 7.62. The number of hydrogen-bond donors (Lipinski definition) is 3. The van der Waals surface area contributed by atoms with Crippen LogP contribution in [0, 0.1) is 0 Å². The fraction of sp³-hybridized carbons (Fsp3) is 0.429. The molecule has 0 unspecified atom stereocenters. The predicted octanol–water partition coefficient (Wildman–Crippen LogP) is 0.607. The van der Waals surface area contributed by atoms with Crippen LogP contribution < -0.4 is 16.8 Å². The van der Waals surface area contributed by atoms with Crippen molar-refractivity contribution < 1.29 is 14.3 Å². The Morgan fingerprint density at radius 1 is 1.20 bits per heavy atom. The zero-order valence-corrected chi connectivity index (χ0v) is 11.6. The number of benzene rings is 1. The summed E-state index contributed by atoms with van der Waals surface area (Å²) >= 11 is 0. The number of ether oxygens (including phenoxy) is 1. The summed E-state index contributed by atoms with van der Waals surface area (Å²) in [5.74, 6) is -2.03. The smallest absolute Gasteiger partial charge is 0.306 e. The summed E-state index contributed by atoms with van der Waals surface area (Å²) in [5, 5.41) is 2.44. The van der Waals surface area contributed by atoms with E-state index in [1.807, 2.05) is 30.3 Å². The van der Waals surface area contributed by atoms with Crippen LogP contribution in [0.4, 0.5) is 0 Å². The predicted molar refractivity (Wildman–Crippen MR) is 75.0 cm³/mol. The van der Waals surface area contributed by atoms with E-state index in [1.165, 1.54) is 0 Å². The molecule has 0 aliphatic carbocycles. The zero-order chi connectivity index (χ0) is 15.0. The topological polar surface area (TPSA) is 107 Å². The minimum atomic E-state index is -1.23. The van der Waals surface area contributed by atoms with Crippen LogP contribution in [0.1, 0.15) is 31.7 Å². The van der Waals surface area contributed by atoms with Crippen molar-refractivity contribution >= 4 is 11.9 Å². The molecule has 1 aromatic carbocycles. The Labute approximate surface area is 118 Å². The second-order valence-electron chi connectivity index (χ2n) is 4.59. The van der Waals surface area contributed by atoms with E-state index in [-0.39, 0.29) is 25.4 Å². The molecule has 6 nitrogen and oxygen atoms in total. The molecule has 0 aromatic heterocycles. The Morgan fingerprint density at radius 3 is 2.45 bits per heavy atom.